The third-order valence-corrected chi connectivity index (χ3v) is 8.77. The van der Waals surface area contributed by atoms with Crippen LogP contribution in [0.3, 0.4) is 0 Å². The maximum Gasteiger partial charge on any atom is 0.251 e. The second-order valence-corrected chi connectivity index (χ2v) is 11.4. The van der Waals surface area contributed by atoms with Crippen LogP contribution >= 0.6 is 11.8 Å². The lowest BCUT2D eigenvalue weighted by Crippen LogP contribution is -2.26. The summed E-state index contributed by atoms with van der Waals surface area (Å²) in [5, 5.41) is 6.94. The Morgan fingerprint density at radius 3 is 2.59 bits per heavy atom. The lowest BCUT2D eigenvalue weighted by Gasteiger charge is -2.21. The number of carbonyl (C=O) groups excluding carboxylic acids is 1. The zero-order chi connectivity index (χ0) is 22.3. The fourth-order valence-corrected chi connectivity index (χ4v) is 7.61. The van der Waals surface area contributed by atoms with Crippen LogP contribution in [0.25, 0.3) is 0 Å². The molecular weight excluding hydrogens is 450 g/mol. The van der Waals surface area contributed by atoms with E-state index >= 15 is 0 Å². The largest absolute Gasteiger partial charge is 0.486 e. The molecule has 3 unspecified atom stereocenters. The summed E-state index contributed by atoms with van der Waals surface area (Å²) in [4.78, 5) is 17.2. The Labute approximate surface area is 190 Å². The molecule has 1 saturated heterocycles. The fourth-order valence-electron chi connectivity index (χ4n) is 3.94. The normalized spacial score (nSPS) is 23.7. The van der Waals surface area contributed by atoms with Crippen LogP contribution in [-0.2, 0) is 9.84 Å². The van der Waals surface area contributed by atoms with E-state index < -0.39 is 9.84 Å². The maximum absolute atomic E-state index is 12.7. The number of hydrogen-bond donors (Lipinski definition) is 2. The van der Waals surface area contributed by atoms with Crippen LogP contribution in [0.2, 0.25) is 0 Å². The quantitative estimate of drug-likeness (QED) is 0.703. The molecule has 32 heavy (non-hydrogen) atoms. The van der Waals surface area contributed by atoms with Crippen LogP contribution in [0.1, 0.15) is 28.9 Å². The molecule has 0 spiro atoms. The highest BCUT2D eigenvalue weighted by Crippen LogP contribution is 2.35. The third kappa shape index (κ3) is 4.42. The summed E-state index contributed by atoms with van der Waals surface area (Å²) in [6.07, 6.45) is 0. The van der Waals surface area contributed by atoms with E-state index in [9.17, 15) is 13.2 Å². The van der Waals surface area contributed by atoms with Gasteiger partial charge in [0.1, 0.15) is 13.2 Å². The molecule has 3 heterocycles. The molecular formula is C22H23N3O5S2. The molecule has 3 atom stereocenters. The summed E-state index contributed by atoms with van der Waals surface area (Å²) >= 11 is 1.47. The zero-order valence-corrected chi connectivity index (χ0v) is 19.0. The van der Waals surface area contributed by atoms with Crippen LogP contribution in [0.15, 0.2) is 47.5 Å². The van der Waals surface area contributed by atoms with E-state index in [2.05, 4.69) is 15.6 Å². The average Bonchev–Trinajstić information content (AvgIpc) is 3.26. The van der Waals surface area contributed by atoms with Crippen molar-refractivity contribution in [3.05, 3.63) is 53.6 Å². The minimum Gasteiger partial charge on any atom is -0.486 e. The number of amidine groups is 1. The number of rotatable bonds is 4. The van der Waals surface area contributed by atoms with Gasteiger partial charge in [0.15, 0.2) is 26.5 Å². The molecule has 0 radical (unpaired) electrons. The maximum atomic E-state index is 12.7. The van der Waals surface area contributed by atoms with Crippen LogP contribution in [0, 0.1) is 0 Å². The van der Waals surface area contributed by atoms with Crippen LogP contribution in [0.5, 0.6) is 11.5 Å². The van der Waals surface area contributed by atoms with Crippen molar-refractivity contribution in [2.75, 3.05) is 30.0 Å². The second kappa shape index (κ2) is 8.32. The molecule has 1 fully saturated rings. The first kappa shape index (κ1) is 21.1. The van der Waals surface area contributed by atoms with Gasteiger partial charge in [-0.2, -0.15) is 0 Å². The average molecular weight is 474 g/mol. The number of fused-ring (bicyclic) bond motifs is 2. The molecule has 2 aromatic carbocycles. The van der Waals surface area contributed by atoms with Crippen LogP contribution in [-0.4, -0.2) is 55.5 Å². The lowest BCUT2D eigenvalue weighted by atomic mass is 10.1. The van der Waals surface area contributed by atoms with Gasteiger partial charge in [0.05, 0.1) is 23.6 Å². The number of aliphatic imine (C=N–C) groups is 1. The molecule has 1 amide bonds. The molecule has 168 valence electrons. The number of ether oxygens (including phenoxy) is 2. The number of anilines is 1. The van der Waals surface area contributed by atoms with Gasteiger partial charge in [-0.05, 0) is 48.9 Å². The molecule has 8 nitrogen and oxygen atoms in total. The molecule has 0 aromatic heterocycles. The standard InChI is InChI=1S/C22H23N3O5S2/c1-13(15-4-7-18-19(10-15)30-9-8-29-18)23-21(26)14-2-5-16(6-3-14)24-22-25-17-11-32(27,28)12-20(17)31-22/h2-7,10,13,17,20H,8-9,11-12H2,1H3,(H,23,26)(H,24,25). The molecule has 0 aliphatic carbocycles. The number of amides is 1. The Hall–Kier alpha value is -2.72. The molecule has 5 rings (SSSR count). The predicted molar refractivity (Wildman–Crippen MR) is 125 cm³/mol. The number of thioether (sulfide) groups is 1. The van der Waals surface area contributed by atoms with Gasteiger partial charge in [-0.25, -0.2) is 8.42 Å². The molecule has 3 aliphatic rings. The number of carbonyl (C=O) groups is 1. The van der Waals surface area contributed by atoms with E-state index in [4.69, 9.17) is 9.47 Å². The van der Waals surface area contributed by atoms with Crippen molar-refractivity contribution in [3.8, 4) is 11.5 Å². The second-order valence-electron chi connectivity index (χ2n) is 8.04. The molecule has 0 saturated carbocycles. The van der Waals surface area contributed by atoms with Gasteiger partial charge in [0.2, 0.25) is 0 Å². The van der Waals surface area contributed by atoms with Gasteiger partial charge >= 0.3 is 0 Å². The van der Waals surface area contributed by atoms with E-state index in [1.807, 2.05) is 37.3 Å². The SMILES string of the molecule is CC(NC(=O)c1ccc(NC2=NC3CS(=O)(=O)CC3S2)cc1)c1ccc2c(c1)OCCO2. The van der Waals surface area contributed by atoms with Gasteiger partial charge < -0.3 is 20.1 Å². The predicted octanol–water partition coefficient (Wildman–Crippen LogP) is 2.63. The number of hydrogen-bond acceptors (Lipinski definition) is 8. The summed E-state index contributed by atoms with van der Waals surface area (Å²) in [6.45, 7) is 2.98. The first-order valence-corrected chi connectivity index (χ1v) is 13.1. The third-order valence-electron chi connectivity index (χ3n) is 5.63. The smallest absolute Gasteiger partial charge is 0.251 e. The molecule has 2 N–H and O–H groups in total. The minimum absolute atomic E-state index is 0.00500. The highest BCUT2D eigenvalue weighted by molar-refractivity contribution is 8.15. The Kier molecular flexibility index (Phi) is 5.50. The number of sulfone groups is 1. The Morgan fingerprint density at radius 1 is 1.09 bits per heavy atom. The van der Waals surface area contributed by atoms with Crippen LogP contribution < -0.4 is 20.1 Å². The summed E-state index contributed by atoms with van der Waals surface area (Å²) in [5.74, 6) is 1.54. The first-order chi connectivity index (χ1) is 15.4. The number of benzene rings is 2. The Bertz CT molecular complexity index is 1180. The highest BCUT2D eigenvalue weighted by Gasteiger charge is 2.42. The minimum atomic E-state index is -2.97. The van der Waals surface area contributed by atoms with Gasteiger partial charge in [-0.1, -0.05) is 17.8 Å². The van der Waals surface area contributed by atoms with Gasteiger partial charge in [0, 0.05) is 16.5 Å². The first-order valence-electron chi connectivity index (χ1n) is 10.4. The summed E-state index contributed by atoms with van der Waals surface area (Å²) in [5.41, 5.74) is 2.28. The monoisotopic (exact) mass is 473 g/mol. The summed E-state index contributed by atoms with van der Waals surface area (Å²) in [6, 6.07) is 12.4. The van der Waals surface area contributed by atoms with E-state index in [-0.39, 0.29) is 34.7 Å². The van der Waals surface area contributed by atoms with Crippen molar-refractivity contribution in [1.29, 1.82) is 0 Å². The fraction of sp³-hybridized carbons (Fsp3) is 0.364. The topological polar surface area (TPSA) is 106 Å². The van der Waals surface area contributed by atoms with E-state index in [0.29, 0.717) is 24.5 Å². The lowest BCUT2D eigenvalue weighted by molar-refractivity contribution is 0.0939. The van der Waals surface area contributed by atoms with E-state index in [1.165, 1.54) is 11.8 Å². The van der Waals surface area contributed by atoms with Crippen molar-refractivity contribution in [3.63, 3.8) is 0 Å². The van der Waals surface area contributed by atoms with Gasteiger partial charge in [-0.3, -0.25) is 9.79 Å². The molecule has 3 aliphatic heterocycles. The van der Waals surface area contributed by atoms with Crippen molar-refractivity contribution in [2.45, 2.75) is 24.3 Å². The van der Waals surface area contributed by atoms with E-state index in [0.717, 1.165) is 22.2 Å². The number of nitrogens with one attached hydrogen (secondary N) is 2. The van der Waals surface area contributed by atoms with Crippen molar-refractivity contribution >= 4 is 38.4 Å². The summed E-state index contributed by atoms with van der Waals surface area (Å²) < 4.78 is 34.5. The molecule has 10 heteroatoms. The van der Waals surface area contributed by atoms with Gasteiger partial charge in [-0.15, -0.1) is 0 Å². The zero-order valence-electron chi connectivity index (χ0n) is 17.4. The highest BCUT2D eigenvalue weighted by atomic mass is 32.2. The van der Waals surface area contributed by atoms with Crippen molar-refractivity contribution in [1.82, 2.24) is 5.32 Å². The van der Waals surface area contributed by atoms with Crippen molar-refractivity contribution < 1.29 is 22.7 Å². The van der Waals surface area contributed by atoms with Crippen molar-refractivity contribution in [2.24, 2.45) is 4.99 Å². The van der Waals surface area contributed by atoms with Crippen LogP contribution in [0.4, 0.5) is 5.69 Å². The Morgan fingerprint density at radius 2 is 1.84 bits per heavy atom. The summed E-state index contributed by atoms with van der Waals surface area (Å²) in [7, 11) is -2.97. The van der Waals surface area contributed by atoms with E-state index in [1.54, 1.807) is 12.1 Å². The van der Waals surface area contributed by atoms with Gasteiger partial charge in [0.25, 0.3) is 5.91 Å². The number of nitrogens with zero attached hydrogens (tertiary/aromatic N) is 1. The molecule has 0 bridgehead atoms. The molecule has 2 aromatic rings. The Balaban J connectivity index is 1.19.